The molecule has 1 aromatic carbocycles. The number of phenols is 2. The van der Waals surface area contributed by atoms with Crippen molar-refractivity contribution in [1.82, 2.24) is 0 Å². The van der Waals surface area contributed by atoms with Crippen LogP contribution in [0.25, 0.3) is 0 Å². The number of ketones is 1. The van der Waals surface area contributed by atoms with E-state index in [4.69, 9.17) is 0 Å². The number of benzene rings is 1. The molecule has 0 amide bonds. The van der Waals surface area contributed by atoms with E-state index in [1.165, 1.54) is 19.1 Å². The smallest absolute Gasteiger partial charge is 0.167 e. The second-order valence-electron chi connectivity index (χ2n) is 4.09. The lowest BCUT2D eigenvalue weighted by Gasteiger charge is -2.13. The zero-order valence-corrected chi connectivity index (χ0v) is 9.90. The van der Waals surface area contributed by atoms with Crippen LogP contribution in [0.5, 0.6) is 11.5 Å². The maximum absolute atomic E-state index is 11.3. The van der Waals surface area contributed by atoms with Crippen molar-refractivity contribution in [2.45, 2.75) is 26.4 Å². The van der Waals surface area contributed by atoms with Gasteiger partial charge >= 0.3 is 0 Å². The molecular weight excluding hydrogens is 220 g/mol. The van der Waals surface area contributed by atoms with E-state index in [9.17, 15) is 20.1 Å². The number of carbonyl (C=O) groups excluding carboxylic acids is 1. The number of phenolic OH excluding ortho intramolecular Hbond substituents is 2. The summed E-state index contributed by atoms with van der Waals surface area (Å²) in [5.41, 5.74) is 0.863. The maximum Gasteiger partial charge on any atom is 0.167 e. The molecule has 0 saturated carbocycles. The first-order valence-electron chi connectivity index (χ1n) is 5.22. The van der Waals surface area contributed by atoms with E-state index in [-0.39, 0.29) is 23.5 Å². The molecule has 3 N–H and O–H groups in total. The van der Waals surface area contributed by atoms with Crippen molar-refractivity contribution in [1.29, 1.82) is 0 Å². The number of carbonyl (C=O) groups is 1. The molecule has 0 aliphatic heterocycles. The lowest BCUT2D eigenvalue weighted by Crippen LogP contribution is -2.11. The van der Waals surface area contributed by atoms with Gasteiger partial charge in [-0.1, -0.05) is 18.2 Å². The van der Waals surface area contributed by atoms with Gasteiger partial charge in [-0.2, -0.15) is 0 Å². The van der Waals surface area contributed by atoms with Crippen LogP contribution in [0.1, 0.15) is 29.8 Å². The summed E-state index contributed by atoms with van der Waals surface area (Å²) in [6.07, 6.45) is -0.632. The predicted molar refractivity (Wildman–Crippen MR) is 64.3 cm³/mol. The summed E-state index contributed by atoms with van der Waals surface area (Å²) in [6.45, 7) is 6.54. The second-order valence-corrected chi connectivity index (χ2v) is 4.09. The summed E-state index contributed by atoms with van der Waals surface area (Å²) < 4.78 is 0. The van der Waals surface area contributed by atoms with Crippen LogP contribution in [0.3, 0.4) is 0 Å². The van der Waals surface area contributed by atoms with Gasteiger partial charge in [0.25, 0.3) is 0 Å². The number of rotatable bonds is 4. The number of aliphatic hydroxyl groups excluding tert-OH is 1. The molecule has 4 heteroatoms. The first kappa shape index (κ1) is 13.3. The van der Waals surface area contributed by atoms with Gasteiger partial charge in [0.2, 0.25) is 0 Å². The summed E-state index contributed by atoms with van der Waals surface area (Å²) in [6, 6.07) is 2.81. The van der Waals surface area contributed by atoms with Crippen molar-refractivity contribution >= 4 is 5.78 Å². The summed E-state index contributed by atoms with van der Waals surface area (Å²) in [5, 5.41) is 29.0. The van der Waals surface area contributed by atoms with E-state index in [1.54, 1.807) is 6.92 Å². The minimum absolute atomic E-state index is 0.114. The largest absolute Gasteiger partial charge is 0.507 e. The average Bonchev–Trinajstić information content (AvgIpc) is 2.21. The molecule has 0 saturated heterocycles. The Morgan fingerprint density at radius 2 is 1.94 bits per heavy atom. The Labute approximate surface area is 99.8 Å². The lowest BCUT2D eigenvalue weighted by molar-refractivity contribution is 0.101. The van der Waals surface area contributed by atoms with E-state index < -0.39 is 11.9 Å². The monoisotopic (exact) mass is 236 g/mol. The normalized spacial score (nSPS) is 12.2. The second kappa shape index (κ2) is 5.01. The highest BCUT2D eigenvalue weighted by Crippen LogP contribution is 2.32. The zero-order valence-electron chi connectivity index (χ0n) is 9.90. The Morgan fingerprint density at radius 3 is 2.41 bits per heavy atom. The Kier molecular flexibility index (Phi) is 3.91. The molecular formula is C13H16O4. The van der Waals surface area contributed by atoms with Crippen LogP contribution in [0, 0.1) is 0 Å². The van der Waals surface area contributed by atoms with Crippen LogP contribution in [-0.4, -0.2) is 27.2 Å². The van der Waals surface area contributed by atoms with Crippen molar-refractivity contribution in [3.63, 3.8) is 0 Å². The van der Waals surface area contributed by atoms with Gasteiger partial charge in [0.05, 0.1) is 6.10 Å². The zero-order chi connectivity index (χ0) is 13.2. The number of hydrogen-bond donors (Lipinski definition) is 3. The van der Waals surface area contributed by atoms with Crippen LogP contribution in [0.2, 0.25) is 0 Å². The van der Waals surface area contributed by atoms with Crippen LogP contribution in [-0.2, 0) is 6.42 Å². The highest BCUT2D eigenvalue weighted by atomic mass is 16.3. The van der Waals surface area contributed by atoms with Gasteiger partial charge < -0.3 is 15.3 Å². The summed E-state index contributed by atoms with van der Waals surface area (Å²) in [5.74, 6) is -0.965. The molecule has 0 heterocycles. The molecule has 0 aliphatic carbocycles. The standard InChI is InChI=1S/C13H16O4/c1-7(2)11(16)6-9-4-5-10(15)12(8(3)14)13(9)17/h4-5,11,15-17H,1,6H2,2-3H3. The number of aromatic hydroxyl groups is 2. The van der Waals surface area contributed by atoms with E-state index in [0.717, 1.165) is 0 Å². The van der Waals surface area contributed by atoms with Gasteiger partial charge in [-0.3, -0.25) is 4.79 Å². The van der Waals surface area contributed by atoms with Gasteiger partial charge in [-0.05, 0) is 25.5 Å². The van der Waals surface area contributed by atoms with E-state index in [0.29, 0.717) is 11.1 Å². The number of hydrogen-bond acceptors (Lipinski definition) is 4. The number of Topliss-reactive ketones (excluding diaryl/α,β-unsaturated/α-hetero) is 1. The average molecular weight is 236 g/mol. The molecule has 17 heavy (non-hydrogen) atoms. The third-order valence-corrected chi connectivity index (χ3v) is 2.57. The Hall–Kier alpha value is -1.81. The Morgan fingerprint density at radius 1 is 1.35 bits per heavy atom. The number of aliphatic hydroxyl groups is 1. The van der Waals surface area contributed by atoms with Gasteiger partial charge in [0.1, 0.15) is 17.1 Å². The fourth-order valence-corrected chi connectivity index (χ4v) is 1.52. The van der Waals surface area contributed by atoms with Crippen LogP contribution >= 0.6 is 0 Å². The molecule has 0 aromatic heterocycles. The highest BCUT2D eigenvalue weighted by molar-refractivity contribution is 5.99. The molecule has 0 aliphatic rings. The molecule has 1 unspecified atom stereocenters. The molecule has 1 rings (SSSR count). The molecule has 0 bridgehead atoms. The first-order chi connectivity index (χ1) is 7.84. The maximum atomic E-state index is 11.3. The third kappa shape index (κ3) is 2.85. The van der Waals surface area contributed by atoms with Crippen LogP contribution in [0.15, 0.2) is 24.3 Å². The third-order valence-electron chi connectivity index (χ3n) is 2.57. The van der Waals surface area contributed by atoms with E-state index >= 15 is 0 Å². The summed E-state index contributed by atoms with van der Waals surface area (Å²) in [7, 11) is 0. The molecule has 1 atom stereocenters. The fraction of sp³-hybridized carbons (Fsp3) is 0.308. The van der Waals surface area contributed by atoms with Crippen LogP contribution in [0.4, 0.5) is 0 Å². The van der Waals surface area contributed by atoms with Gasteiger partial charge in [-0.15, -0.1) is 0 Å². The van der Waals surface area contributed by atoms with Crippen molar-refractivity contribution in [3.8, 4) is 11.5 Å². The quantitative estimate of drug-likeness (QED) is 0.550. The molecule has 0 fully saturated rings. The van der Waals surface area contributed by atoms with Crippen molar-refractivity contribution in [3.05, 3.63) is 35.4 Å². The molecule has 0 radical (unpaired) electrons. The van der Waals surface area contributed by atoms with E-state index in [2.05, 4.69) is 6.58 Å². The van der Waals surface area contributed by atoms with Crippen molar-refractivity contribution < 1.29 is 20.1 Å². The topological polar surface area (TPSA) is 77.8 Å². The van der Waals surface area contributed by atoms with Gasteiger partial charge in [0, 0.05) is 6.42 Å². The minimum Gasteiger partial charge on any atom is -0.507 e. The van der Waals surface area contributed by atoms with Gasteiger partial charge in [0.15, 0.2) is 5.78 Å². The van der Waals surface area contributed by atoms with E-state index in [1.807, 2.05) is 0 Å². The first-order valence-corrected chi connectivity index (χ1v) is 5.22. The highest BCUT2D eigenvalue weighted by Gasteiger charge is 2.18. The SMILES string of the molecule is C=C(C)C(O)Cc1ccc(O)c(C(C)=O)c1O. The van der Waals surface area contributed by atoms with Crippen LogP contribution < -0.4 is 0 Å². The van der Waals surface area contributed by atoms with Crippen molar-refractivity contribution in [2.75, 3.05) is 0 Å². The molecule has 4 nitrogen and oxygen atoms in total. The van der Waals surface area contributed by atoms with Crippen molar-refractivity contribution in [2.24, 2.45) is 0 Å². The summed E-state index contributed by atoms with van der Waals surface area (Å²) in [4.78, 5) is 11.3. The molecule has 0 spiro atoms. The Balaban J connectivity index is 3.15. The Bertz CT molecular complexity index is 463. The lowest BCUT2D eigenvalue weighted by atomic mass is 9.98. The van der Waals surface area contributed by atoms with Gasteiger partial charge in [-0.25, -0.2) is 0 Å². The fourth-order valence-electron chi connectivity index (χ4n) is 1.52. The molecule has 1 aromatic rings. The minimum atomic E-state index is -0.787. The predicted octanol–water partition coefficient (Wildman–Crippen LogP) is 1.78. The summed E-state index contributed by atoms with van der Waals surface area (Å²) >= 11 is 0. The molecule has 92 valence electrons.